The number of nitrogens with one attached hydrogen (secondary N) is 1. The molecule has 11 heteroatoms. The van der Waals surface area contributed by atoms with E-state index in [1.165, 1.54) is 7.11 Å². The van der Waals surface area contributed by atoms with Crippen LogP contribution in [0.15, 0.2) is 30.3 Å². The maximum absolute atomic E-state index is 13.8. The molecule has 7 nitrogen and oxygen atoms in total. The van der Waals surface area contributed by atoms with Gasteiger partial charge in [0.1, 0.15) is 10.8 Å². The maximum atomic E-state index is 13.8. The number of nitrogens with zero attached hydrogens (tertiary/aromatic N) is 4. The number of alkyl halides is 3. The Kier molecular flexibility index (Phi) is 7.80. The van der Waals surface area contributed by atoms with Crippen LogP contribution >= 0.6 is 11.6 Å². The van der Waals surface area contributed by atoms with Crippen molar-refractivity contribution < 1.29 is 22.7 Å². The summed E-state index contributed by atoms with van der Waals surface area (Å²) in [6.45, 7) is 7.01. The molecule has 178 valence electrons. The number of benzene rings is 1. The Balaban J connectivity index is 1.93. The first-order valence-corrected chi connectivity index (χ1v) is 10.9. The third kappa shape index (κ3) is 5.56. The van der Waals surface area contributed by atoms with Crippen molar-refractivity contribution in [3.05, 3.63) is 46.7 Å². The molecule has 0 saturated carbocycles. The van der Waals surface area contributed by atoms with E-state index in [4.69, 9.17) is 16.3 Å². The highest BCUT2D eigenvalue weighted by Gasteiger charge is 2.36. The van der Waals surface area contributed by atoms with E-state index in [0.29, 0.717) is 28.8 Å². The normalized spacial score (nSPS) is 11.9. The van der Waals surface area contributed by atoms with Crippen LogP contribution in [-0.2, 0) is 6.18 Å². The average Bonchev–Trinajstić information content (AvgIpc) is 3.14. The van der Waals surface area contributed by atoms with Crippen molar-refractivity contribution in [2.45, 2.75) is 26.4 Å². The Morgan fingerprint density at radius 2 is 1.88 bits per heavy atom. The second kappa shape index (κ2) is 10.4. The van der Waals surface area contributed by atoms with Crippen molar-refractivity contribution in [3.8, 4) is 17.0 Å². The second-order valence-electron chi connectivity index (χ2n) is 7.29. The predicted molar refractivity (Wildman–Crippen MR) is 120 cm³/mol. The largest absolute Gasteiger partial charge is 0.497 e. The van der Waals surface area contributed by atoms with Crippen molar-refractivity contribution in [2.75, 3.05) is 33.3 Å². The van der Waals surface area contributed by atoms with Crippen LogP contribution in [0, 0.1) is 0 Å². The molecule has 0 radical (unpaired) electrons. The summed E-state index contributed by atoms with van der Waals surface area (Å²) in [5, 5.41) is 6.28. The fourth-order valence-electron chi connectivity index (χ4n) is 3.38. The molecule has 1 N–H and O–H groups in total. The van der Waals surface area contributed by atoms with Gasteiger partial charge in [-0.05, 0) is 56.4 Å². The molecule has 3 rings (SSSR count). The number of fused-ring (bicyclic) bond motifs is 1. The highest BCUT2D eigenvalue weighted by Crippen LogP contribution is 2.34. The van der Waals surface area contributed by atoms with Crippen LogP contribution in [0.25, 0.3) is 16.9 Å². The standard InChI is InChI=1S/C22H25ClF3N5O2/c1-4-30(5-2)12-6-11-27-21(32)19-18(23)20-28-16(14-7-9-15(33-3)10-8-14)13-17(22(24,25)26)31(20)29-19/h7-10,13H,4-6,11-12H2,1-3H3,(H,27,32). The van der Waals surface area contributed by atoms with Crippen molar-refractivity contribution in [1.29, 1.82) is 0 Å². The lowest BCUT2D eigenvalue weighted by Crippen LogP contribution is -2.30. The molecule has 0 bridgehead atoms. The Bertz CT molecular complexity index is 1110. The smallest absolute Gasteiger partial charge is 0.433 e. The van der Waals surface area contributed by atoms with E-state index >= 15 is 0 Å². The van der Waals surface area contributed by atoms with E-state index in [2.05, 4.69) is 20.3 Å². The first-order chi connectivity index (χ1) is 15.7. The summed E-state index contributed by atoms with van der Waals surface area (Å²) >= 11 is 6.29. The van der Waals surface area contributed by atoms with Crippen molar-refractivity contribution in [2.24, 2.45) is 0 Å². The molecular formula is C22H25ClF3N5O2. The summed E-state index contributed by atoms with van der Waals surface area (Å²) in [7, 11) is 1.49. The van der Waals surface area contributed by atoms with Crippen molar-refractivity contribution in [3.63, 3.8) is 0 Å². The van der Waals surface area contributed by atoms with Crippen molar-refractivity contribution in [1.82, 2.24) is 24.8 Å². The van der Waals surface area contributed by atoms with E-state index in [1.54, 1.807) is 24.3 Å². The highest BCUT2D eigenvalue weighted by molar-refractivity contribution is 6.36. The lowest BCUT2D eigenvalue weighted by atomic mass is 10.1. The number of aromatic nitrogens is 3. The molecule has 1 amide bonds. The molecule has 0 aliphatic rings. The van der Waals surface area contributed by atoms with Crippen LogP contribution in [0.2, 0.25) is 5.02 Å². The Hall–Kier alpha value is -2.85. The van der Waals surface area contributed by atoms with Gasteiger partial charge in [0.25, 0.3) is 5.91 Å². The first kappa shape index (κ1) is 24.8. The number of hydrogen-bond donors (Lipinski definition) is 1. The maximum Gasteiger partial charge on any atom is 0.433 e. The van der Waals surface area contributed by atoms with Gasteiger partial charge in [-0.1, -0.05) is 25.4 Å². The Morgan fingerprint density at radius 1 is 1.21 bits per heavy atom. The number of methoxy groups -OCH3 is 1. The molecule has 0 spiro atoms. The molecule has 3 aromatic rings. The summed E-state index contributed by atoms with van der Waals surface area (Å²) in [6.07, 6.45) is -4.05. The van der Waals surface area contributed by atoms with Gasteiger partial charge in [0, 0.05) is 12.1 Å². The van der Waals surface area contributed by atoms with Gasteiger partial charge in [0.15, 0.2) is 17.0 Å². The van der Waals surface area contributed by atoms with Crippen LogP contribution < -0.4 is 10.1 Å². The zero-order valence-electron chi connectivity index (χ0n) is 18.5. The zero-order chi connectivity index (χ0) is 24.2. The monoisotopic (exact) mass is 483 g/mol. The van der Waals surface area contributed by atoms with Gasteiger partial charge >= 0.3 is 6.18 Å². The zero-order valence-corrected chi connectivity index (χ0v) is 19.3. The number of ether oxygens (including phenoxy) is 1. The topological polar surface area (TPSA) is 71.8 Å². The molecule has 0 atom stereocenters. The Labute approximate surface area is 194 Å². The molecule has 0 saturated heterocycles. The second-order valence-corrected chi connectivity index (χ2v) is 7.67. The summed E-state index contributed by atoms with van der Waals surface area (Å²) in [6, 6.07) is 7.29. The lowest BCUT2D eigenvalue weighted by Gasteiger charge is -2.17. The molecule has 0 aliphatic heterocycles. The minimum Gasteiger partial charge on any atom is -0.497 e. The number of hydrogen-bond acceptors (Lipinski definition) is 5. The molecule has 0 unspecified atom stereocenters. The lowest BCUT2D eigenvalue weighted by molar-refractivity contribution is -0.142. The van der Waals surface area contributed by atoms with Crippen LogP contribution in [0.4, 0.5) is 13.2 Å². The third-order valence-corrected chi connectivity index (χ3v) is 5.60. The first-order valence-electron chi connectivity index (χ1n) is 10.5. The van der Waals surface area contributed by atoms with E-state index in [1.807, 2.05) is 13.8 Å². The van der Waals surface area contributed by atoms with Gasteiger partial charge in [-0.2, -0.15) is 18.3 Å². The molecule has 1 aromatic carbocycles. The van der Waals surface area contributed by atoms with E-state index in [-0.39, 0.29) is 22.1 Å². The van der Waals surface area contributed by atoms with Gasteiger partial charge in [-0.25, -0.2) is 9.50 Å². The van der Waals surface area contributed by atoms with E-state index in [0.717, 1.165) is 25.7 Å². The highest BCUT2D eigenvalue weighted by atomic mass is 35.5. The SMILES string of the molecule is CCN(CC)CCCNC(=O)c1nn2c(C(F)(F)F)cc(-c3ccc(OC)cc3)nc2c1Cl. The van der Waals surface area contributed by atoms with Gasteiger partial charge in [0.2, 0.25) is 0 Å². The molecule has 0 aliphatic carbocycles. The quantitative estimate of drug-likeness (QED) is 0.452. The minimum atomic E-state index is -4.74. The van der Waals surface area contributed by atoms with Gasteiger partial charge in [-0.15, -0.1) is 0 Å². The van der Waals surface area contributed by atoms with Gasteiger partial charge < -0.3 is 15.0 Å². The summed E-state index contributed by atoms with van der Waals surface area (Å²) in [4.78, 5) is 19.1. The van der Waals surface area contributed by atoms with Crippen LogP contribution in [-0.4, -0.2) is 58.7 Å². The van der Waals surface area contributed by atoms with Crippen LogP contribution in [0.5, 0.6) is 5.75 Å². The average molecular weight is 484 g/mol. The molecule has 2 aromatic heterocycles. The Morgan fingerprint density at radius 3 is 2.45 bits per heavy atom. The number of halogens is 4. The number of carbonyl (C=O) groups excluding carboxylic acids is 1. The molecular weight excluding hydrogens is 459 g/mol. The fourth-order valence-corrected chi connectivity index (χ4v) is 3.62. The molecule has 2 heterocycles. The predicted octanol–water partition coefficient (Wildman–Crippen LogP) is 4.54. The number of amides is 1. The molecule has 33 heavy (non-hydrogen) atoms. The van der Waals surface area contributed by atoms with E-state index in [9.17, 15) is 18.0 Å². The molecule has 0 fully saturated rings. The van der Waals surface area contributed by atoms with E-state index < -0.39 is 17.8 Å². The minimum absolute atomic E-state index is 0.0467. The fraction of sp³-hybridized carbons (Fsp3) is 0.409. The third-order valence-electron chi connectivity index (χ3n) is 5.26. The summed E-state index contributed by atoms with van der Waals surface area (Å²) < 4.78 is 47.1. The number of carbonyl (C=O) groups is 1. The van der Waals surface area contributed by atoms with Crippen LogP contribution in [0.3, 0.4) is 0 Å². The van der Waals surface area contributed by atoms with Gasteiger partial charge in [-0.3, -0.25) is 4.79 Å². The number of rotatable bonds is 9. The van der Waals surface area contributed by atoms with Crippen molar-refractivity contribution >= 4 is 23.2 Å². The summed E-state index contributed by atoms with van der Waals surface area (Å²) in [5.41, 5.74) is -1.15. The summed E-state index contributed by atoms with van der Waals surface area (Å²) in [5.74, 6) is -0.0950. The van der Waals surface area contributed by atoms with Gasteiger partial charge in [0.05, 0.1) is 12.8 Å². The van der Waals surface area contributed by atoms with Crippen LogP contribution in [0.1, 0.15) is 36.5 Å².